The molecule has 1 amide bonds. The minimum absolute atomic E-state index is 0.0197. The summed E-state index contributed by atoms with van der Waals surface area (Å²) < 4.78 is 12.7. The molecule has 36 heavy (non-hydrogen) atoms. The van der Waals surface area contributed by atoms with Crippen molar-refractivity contribution in [3.05, 3.63) is 98.7 Å². The molecule has 2 aromatic carbocycles. The minimum atomic E-state index is -0.920. The number of carbonyl (C=O) groups is 2. The van der Waals surface area contributed by atoms with Gasteiger partial charge >= 0.3 is 5.97 Å². The highest BCUT2D eigenvalue weighted by Crippen LogP contribution is 2.38. The number of azide groups is 1. The third-order valence-electron chi connectivity index (χ3n) is 5.75. The summed E-state index contributed by atoms with van der Waals surface area (Å²) >= 11 is 2.78. The van der Waals surface area contributed by atoms with E-state index in [0.717, 1.165) is 16.1 Å². The maximum atomic E-state index is 13.7. The van der Waals surface area contributed by atoms with Gasteiger partial charge in [0.15, 0.2) is 16.1 Å². The van der Waals surface area contributed by atoms with Gasteiger partial charge in [0.25, 0.3) is 0 Å². The lowest BCUT2D eigenvalue weighted by molar-refractivity contribution is -0.160. The standard InChI is InChI=1S/C24H20N6O4S2/c1-14-26-28-24(36-14)35-13-18-20(30-17(12-33-18)19(22(30)31)27-29-25)23(32)34-21(15-8-4-2-5-9-15)16-10-6-3-7-11-16/h2-11,17,19,21H,12-13H2,1H3. The quantitative estimate of drug-likeness (QED) is 0.107. The molecule has 0 N–H and O–H groups in total. The highest BCUT2D eigenvalue weighted by Gasteiger charge is 2.54. The lowest BCUT2D eigenvalue weighted by atomic mass is 9.93. The fraction of sp³-hybridized carbons (Fsp3) is 0.250. The third-order valence-corrected chi connectivity index (χ3v) is 7.73. The van der Waals surface area contributed by atoms with E-state index in [1.807, 2.05) is 67.6 Å². The first-order chi connectivity index (χ1) is 17.6. The van der Waals surface area contributed by atoms with Gasteiger partial charge < -0.3 is 9.47 Å². The minimum Gasteiger partial charge on any atom is -0.492 e. The van der Waals surface area contributed by atoms with E-state index in [2.05, 4.69) is 20.2 Å². The van der Waals surface area contributed by atoms with Gasteiger partial charge in [0.2, 0.25) is 5.91 Å². The fourth-order valence-corrected chi connectivity index (χ4v) is 5.84. The van der Waals surface area contributed by atoms with E-state index in [9.17, 15) is 9.59 Å². The van der Waals surface area contributed by atoms with Gasteiger partial charge in [-0.2, -0.15) is 0 Å². The number of hydrogen-bond acceptors (Lipinski definition) is 9. The predicted molar refractivity (Wildman–Crippen MR) is 133 cm³/mol. The zero-order valence-electron chi connectivity index (χ0n) is 19.1. The van der Waals surface area contributed by atoms with Gasteiger partial charge in [-0.1, -0.05) is 88.9 Å². The summed E-state index contributed by atoms with van der Waals surface area (Å²) in [4.78, 5) is 30.7. The Labute approximate surface area is 214 Å². The molecule has 0 saturated carbocycles. The Balaban J connectivity index is 1.48. The Hall–Kier alpha value is -3.86. The first-order valence-electron chi connectivity index (χ1n) is 11.0. The zero-order valence-corrected chi connectivity index (χ0v) is 20.7. The number of rotatable bonds is 8. The van der Waals surface area contributed by atoms with Crippen LogP contribution < -0.4 is 0 Å². The molecule has 1 saturated heterocycles. The molecular weight excluding hydrogens is 500 g/mol. The molecule has 12 heteroatoms. The summed E-state index contributed by atoms with van der Waals surface area (Å²) in [5.74, 6) is -0.600. The van der Waals surface area contributed by atoms with Crippen LogP contribution in [0, 0.1) is 6.92 Å². The van der Waals surface area contributed by atoms with Gasteiger partial charge in [-0.15, -0.1) is 10.2 Å². The van der Waals surface area contributed by atoms with Crippen molar-refractivity contribution in [1.29, 1.82) is 0 Å². The first-order valence-corrected chi connectivity index (χ1v) is 12.8. The van der Waals surface area contributed by atoms with Gasteiger partial charge in [0.05, 0.1) is 11.8 Å². The second kappa shape index (κ2) is 10.4. The Morgan fingerprint density at radius 3 is 2.47 bits per heavy atom. The average molecular weight is 521 g/mol. The number of hydrogen-bond donors (Lipinski definition) is 0. The fourth-order valence-electron chi connectivity index (χ4n) is 4.08. The summed E-state index contributed by atoms with van der Waals surface area (Å²) in [5, 5.41) is 12.5. The van der Waals surface area contributed by atoms with E-state index in [0.29, 0.717) is 10.1 Å². The Kier molecular flexibility index (Phi) is 6.90. The van der Waals surface area contributed by atoms with E-state index in [4.69, 9.17) is 15.0 Å². The van der Waals surface area contributed by atoms with Crippen molar-refractivity contribution in [3.63, 3.8) is 0 Å². The Morgan fingerprint density at radius 1 is 1.22 bits per heavy atom. The molecule has 1 fully saturated rings. The molecule has 5 rings (SSSR count). The lowest BCUT2D eigenvalue weighted by Gasteiger charge is -2.48. The molecule has 0 radical (unpaired) electrons. The van der Waals surface area contributed by atoms with Crippen LogP contribution >= 0.6 is 23.1 Å². The number of nitrogens with zero attached hydrogens (tertiary/aromatic N) is 6. The van der Waals surface area contributed by atoms with Crippen LogP contribution in [0.15, 0.2) is 81.6 Å². The van der Waals surface area contributed by atoms with Crippen LogP contribution in [0.5, 0.6) is 0 Å². The van der Waals surface area contributed by atoms with E-state index in [1.54, 1.807) is 0 Å². The number of ether oxygens (including phenoxy) is 2. The second-order valence-corrected chi connectivity index (χ2v) is 10.4. The van der Waals surface area contributed by atoms with Crippen molar-refractivity contribution in [2.24, 2.45) is 5.11 Å². The smallest absolute Gasteiger partial charge is 0.359 e. The summed E-state index contributed by atoms with van der Waals surface area (Å²) in [6.45, 7) is 1.96. The molecule has 3 heterocycles. The molecule has 2 aliphatic rings. The number of benzene rings is 2. The van der Waals surface area contributed by atoms with Gasteiger partial charge in [0.1, 0.15) is 23.4 Å². The van der Waals surface area contributed by atoms with Crippen LogP contribution in [-0.2, 0) is 19.1 Å². The molecule has 3 aromatic rings. The Morgan fingerprint density at radius 2 is 1.89 bits per heavy atom. The van der Waals surface area contributed by atoms with Crippen molar-refractivity contribution < 1.29 is 19.1 Å². The van der Waals surface area contributed by atoms with Crippen LogP contribution in [0.2, 0.25) is 0 Å². The van der Waals surface area contributed by atoms with E-state index in [-0.39, 0.29) is 18.1 Å². The number of β-lactam (4-membered cyclic amide) rings is 1. The number of amides is 1. The number of carbonyl (C=O) groups excluding carboxylic acids is 2. The van der Waals surface area contributed by atoms with Gasteiger partial charge in [-0.05, 0) is 23.6 Å². The lowest BCUT2D eigenvalue weighted by Crippen LogP contribution is -2.67. The van der Waals surface area contributed by atoms with Crippen molar-refractivity contribution in [3.8, 4) is 0 Å². The summed E-state index contributed by atoms with van der Waals surface area (Å²) in [5.41, 5.74) is 10.4. The second-order valence-electron chi connectivity index (χ2n) is 7.99. The molecule has 1 aromatic heterocycles. The van der Waals surface area contributed by atoms with Crippen LogP contribution in [0.3, 0.4) is 0 Å². The number of fused-ring (bicyclic) bond motifs is 1. The summed E-state index contributed by atoms with van der Waals surface area (Å²) in [6, 6.07) is 17.3. The maximum absolute atomic E-state index is 13.7. The topological polar surface area (TPSA) is 130 Å². The highest BCUT2D eigenvalue weighted by atomic mass is 32.2. The monoisotopic (exact) mass is 520 g/mol. The van der Waals surface area contributed by atoms with Crippen LogP contribution in [-0.4, -0.2) is 51.4 Å². The number of aryl methyl sites for hydroxylation is 1. The molecule has 10 nitrogen and oxygen atoms in total. The Bertz CT molecular complexity index is 1320. The van der Waals surface area contributed by atoms with Crippen molar-refractivity contribution >= 4 is 35.0 Å². The van der Waals surface area contributed by atoms with E-state index in [1.165, 1.54) is 28.0 Å². The van der Waals surface area contributed by atoms with Gasteiger partial charge in [-0.3, -0.25) is 9.69 Å². The molecule has 0 aliphatic carbocycles. The van der Waals surface area contributed by atoms with Crippen LogP contribution in [0.4, 0.5) is 0 Å². The normalized spacial score (nSPS) is 18.7. The van der Waals surface area contributed by atoms with Crippen LogP contribution in [0.1, 0.15) is 22.2 Å². The maximum Gasteiger partial charge on any atom is 0.359 e. The summed E-state index contributed by atoms with van der Waals surface area (Å²) in [6.07, 6.45) is -0.697. The highest BCUT2D eigenvalue weighted by molar-refractivity contribution is 8.01. The van der Waals surface area contributed by atoms with Crippen LogP contribution in [0.25, 0.3) is 10.4 Å². The number of esters is 1. The molecular formula is C24H20N6O4S2. The van der Waals surface area contributed by atoms with E-state index < -0.39 is 30.1 Å². The van der Waals surface area contributed by atoms with E-state index >= 15 is 0 Å². The zero-order chi connectivity index (χ0) is 25.1. The first kappa shape index (κ1) is 23.9. The largest absolute Gasteiger partial charge is 0.492 e. The predicted octanol–water partition coefficient (Wildman–Crippen LogP) is 4.40. The molecule has 2 unspecified atom stereocenters. The number of thioether (sulfide) groups is 1. The molecule has 2 atom stereocenters. The molecule has 0 spiro atoms. The third kappa shape index (κ3) is 4.66. The molecule has 182 valence electrons. The molecule has 2 aliphatic heterocycles. The van der Waals surface area contributed by atoms with Crippen molar-refractivity contribution in [2.45, 2.75) is 29.5 Å². The summed E-state index contributed by atoms with van der Waals surface area (Å²) in [7, 11) is 0. The van der Waals surface area contributed by atoms with Crippen molar-refractivity contribution in [1.82, 2.24) is 15.1 Å². The van der Waals surface area contributed by atoms with Gasteiger partial charge in [-0.25, -0.2) is 4.79 Å². The molecule has 0 bridgehead atoms. The number of aromatic nitrogens is 2. The van der Waals surface area contributed by atoms with Crippen molar-refractivity contribution in [2.75, 3.05) is 12.4 Å². The van der Waals surface area contributed by atoms with Gasteiger partial charge in [0, 0.05) is 4.91 Å². The average Bonchev–Trinajstić information content (AvgIpc) is 3.34. The SMILES string of the molecule is Cc1nnc(SCC2=C(C(=O)OC(c3ccccc3)c3ccccc3)N3C(=O)C(N=[N+]=[N-])C3CO2)s1.